The Morgan fingerprint density at radius 1 is 1.05 bits per heavy atom. The zero-order valence-electron chi connectivity index (χ0n) is 22.0. The SMILES string of the molecule is CCCCC1(CCCC)C(=O)C(C2=NS(=O)(=O)c3cc(NS(C)(=O)=O)ccc3N2)=C([O-])c2ccccc21.[Na+]. The first-order valence-electron chi connectivity index (χ1n) is 12.2. The molecule has 0 saturated carbocycles. The van der Waals surface area contributed by atoms with E-state index in [2.05, 4.69) is 14.4 Å². The van der Waals surface area contributed by atoms with Gasteiger partial charge in [-0.25, -0.2) is 8.42 Å². The second-order valence-corrected chi connectivity index (χ2v) is 12.8. The number of carbonyl (C=O) groups excluding carboxylic acids is 1. The molecule has 12 heteroatoms. The van der Waals surface area contributed by atoms with Crippen LogP contribution in [-0.2, 0) is 30.3 Å². The van der Waals surface area contributed by atoms with Crippen molar-refractivity contribution in [1.29, 1.82) is 0 Å². The molecule has 0 atom stereocenters. The molecule has 0 spiro atoms. The van der Waals surface area contributed by atoms with Gasteiger partial charge in [-0.2, -0.15) is 8.42 Å². The largest absolute Gasteiger partial charge is 1.00 e. The Morgan fingerprint density at radius 3 is 2.29 bits per heavy atom. The molecule has 0 saturated heterocycles. The number of amidine groups is 1. The van der Waals surface area contributed by atoms with Crippen molar-refractivity contribution in [2.45, 2.75) is 62.7 Å². The van der Waals surface area contributed by atoms with Crippen LogP contribution >= 0.6 is 0 Å². The summed E-state index contributed by atoms with van der Waals surface area (Å²) in [6.07, 6.45) is 5.27. The third kappa shape index (κ3) is 5.72. The minimum atomic E-state index is -4.35. The van der Waals surface area contributed by atoms with Gasteiger partial charge in [0.2, 0.25) is 10.0 Å². The van der Waals surface area contributed by atoms with Crippen LogP contribution in [0.25, 0.3) is 5.76 Å². The smallest absolute Gasteiger partial charge is 0.871 e. The Hall–Kier alpha value is -2.18. The van der Waals surface area contributed by atoms with Crippen molar-refractivity contribution in [1.82, 2.24) is 0 Å². The minimum absolute atomic E-state index is 0. The number of hydrogen-bond donors (Lipinski definition) is 2. The summed E-state index contributed by atoms with van der Waals surface area (Å²) in [5.74, 6) is -1.29. The van der Waals surface area contributed by atoms with Crippen LogP contribution in [-0.4, -0.2) is 34.7 Å². The average molecular weight is 568 g/mol. The van der Waals surface area contributed by atoms with Gasteiger partial charge in [-0.15, -0.1) is 4.40 Å². The van der Waals surface area contributed by atoms with Gasteiger partial charge in [0.1, 0.15) is 4.90 Å². The molecular weight excluding hydrogens is 537 g/mol. The number of hydrogen-bond acceptors (Lipinski definition) is 7. The number of benzene rings is 2. The van der Waals surface area contributed by atoms with Crippen molar-refractivity contribution in [2.75, 3.05) is 16.3 Å². The third-order valence-electron chi connectivity index (χ3n) is 6.75. The van der Waals surface area contributed by atoms with Crippen LogP contribution in [0.3, 0.4) is 0 Å². The normalized spacial score (nSPS) is 17.4. The van der Waals surface area contributed by atoms with E-state index in [1.54, 1.807) is 12.1 Å². The molecule has 0 amide bonds. The predicted molar refractivity (Wildman–Crippen MR) is 142 cm³/mol. The van der Waals surface area contributed by atoms with Crippen molar-refractivity contribution in [3.05, 3.63) is 59.2 Å². The maximum atomic E-state index is 14.2. The fraction of sp³-hybridized carbons (Fsp3) is 0.385. The summed E-state index contributed by atoms with van der Waals surface area (Å²) in [5.41, 5.74) is -0.00266. The first kappa shape index (κ1) is 30.4. The average Bonchev–Trinajstić information content (AvgIpc) is 2.83. The van der Waals surface area contributed by atoms with Gasteiger partial charge in [-0.1, -0.05) is 69.6 Å². The van der Waals surface area contributed by atoms with Gasteiger partial charge in [-0.3, -0.25) is 9.52 Å². The van der Waals surface area contributed by atoms with Crippen LogP contribution in [0.4, 0.5) is 11.4 Å². The zero-order valence-corrected chi connectivity index (χ0v) is 25.6. The molecule has 0 bridgehead atoms. The van der Waals surface area contributed by atoms with Gasteiger partial charge in [0, 0.05) is 5.69 Å². The molecule has 2 aliphatic rings. The third-order valence-corrected chi connectivity index (χ3v) is 8.68. The molecule has 1 aliphatic heterocycles. The monoisotopic (exact) mass is 567 g/mol. The number of Topliss-reactive ketones (excluding diaryl/α,β-unsaturated/α-hetero) is 1. The number of nitrogens with one attached hydrogen (secondary N) is 2. The van der Waals surface area contributed by atoms with E-state index in [1.807, 2.05) is 26.0 Å². The summed E-state index contributed by atoms with van der Waals surface area (Å²) in [5, 5.41) is 16.5. The minimum Gasteiger partial charge on any atom is -0.871 e. The van der Waals surface area contributed by atoms with E-state index in [9.17, 15) is 26.7 Å². The number of rotatable bonds is 9. The Morgan fingerprint density at radius 2 is 1.68 bits per heavy atom. The molecule has 0 radical (unpaired) electrons. The van der Waals surface area contributed by atoms with Crippen molar-refractivity contribution in [2.24, 2.45) is 4.40 Å². The van der Waals surface area contributed by atoms with Gasteiger partial charge in [0.15, 0.2) is 11.6 Å². The fourth-order valence-corrected chi connectivity index (χ4v) is 6.74. The number of anilines is 2. The van der Waals surface area contributed by atoms with E-state index >= 15 is 0 Å². The zero-order chi connectivity index (χ0) is 27.0. The van der Waals surface area contributed by atoms with Gasteiger partial charge >= 0.3 is 29.6 Å². The van der Waals surface area contributed by atoms with Crippen LogP contribution in [0.5, 0.6) is 0 Å². The van der Waals surface area contributed by atoms with E-state index in [0.717, 1.165) is 38.0 Å². The van der Waals surface area contributed by atoms with Crippen molar-refractivity contribution < 1.29 is 56.3 Å². The number of carbonyl (C=O) groups is 1. The van der Waals surface area contributed by atoms with E-state index in [4.69, 9.17) is 0 Å². The van der Waals surface area contributed by atoms with E-state index in [-0.39, 0.29) is 57.2 Å². The van der Waals surface area contributed by atoms with E-state index < -0.39 is 37.0 Å². The van der Waals surface area contributed by atoms with Gasteiger partial charge in [0.05, 0.1) is 22.9 Å². The Balaban J connectivity index is 0.00000400. The molecule has 9 nitrogen and oxygen atoms in total. The topological polar surface area (TPSA) is 145 Å². The first-order chi connectivity index (χ1) is 17.4. The fourth-order valence-electron chi connectivity index (χ4n) is 5.04. The molecule has 198 valence electrons. The standard InChI is InChI=1S/C26H31N3O6S2.Na/c1-4-6-14-26(15-7-5-2)19-11-9-8-10-18(19)23(30)22(24(26)31)25-27-20-13-12-17(28-36(3,32)33)16-21(20)37(34,35)29-25;/h8-13,16,28,30H,4-7,14-15H2,1-3H3,(H,27,29);/q;+1/p-1. The maximum Gasteiger partial charge on any atom is 1.00 e. The van der Waals surface area contributed by atoms with Crippen molar-refractivity contribution in [3.8, 4) is 0 Å². The number of sulfonamides is 2. The summed E-state index contributed by atoms with van der Waals surface area (Å²) in [6, 6.07) is 11.0. The molecule has 2 N–H and O–H groups in total. The molecule has 2 aromatic rings. The molecule has 38 heavy (non-hydrogen) atoms. The van der Waals surface area contributed by atoms with Gasteiger partial charge < -0.3 is 10.4 Å². The quantitative estimate of drug-likeness (QED) is 0.421. The summed E-state index contributed by atoms with van der Waals surface area (Å²) in [4.78, 5) is 14.0. The van der Waals surface area contributed by atoms with Crippen molar-refractivity contribution in [3.63, 3.8) is 0 Å². The molecule has 2 aromatic carbocycles. The number of fused-ring (bicyclic) bond motifs is 2. The van der Waals surface area contributed by atoms with E-state index in [1.165, 1.54) is 12.1 Å². The van der Waals surface area contributed by atoms with Crippen LogP contribution in [0.2, 0.25) is 0 Å². The molecule has 0 unspecified atom stereocenters. The predicted octanol–water partition coefficient (Wildman–Crippen LogP) is 0.547. The van der Waals surface area contributed by atoms with Crippen molar-refractivity contribution >= 4 is 48.8 Å². The Bertz CT molecular complexity index is 1520. The summed E-state index contributed by atoms with van der Waals surface area (Å²) in [7, 11) is -7.98. The summed E-state index contributed by atoms with van der Waals surface area (Å²) >= 11 is 0. The molecule has 0 aromatic heterocycles. The molecule has 4 rings (SSSR count). The Labute approximate surface area is 246 Å². The molecular formula is C26H30N3NaO6S2. The second-order valence-electron chi connectivity index (χ2n) is 9.49. The van der Waals surface area contributed by atoms with Crippen LogP contribution < -0.4 is 44.7 Å². The van der Waals surface area contributed by atoms with Crippen LogP contribution in [0, 0.1) is 0 Å². The number of ketones is 1. The maximum absolute atomic E-state index is 14.2. The van der Waals surface area contributed by atoms with Crippen LogP contribution in [0.15, 0.2) is 57.3 Å². The Kier molecular flexibility index (Phi) is 9.20. The first-order valence-corrected chi connectivity index (χ1v) is 15.6. The van der Waals surface area contributed by atoms with E-state index in [0.29, 0.717) is 24.0 Å². The van der Waals surface area contributed by atoms with Crippen LogP contribution in [0.1, 0.15) is 63.5 Å². The second kappa shape index (κ2) is 11.5. The van der Waals surface area contributed by atoms with Gasteiger partial charge in [-0.05, 0) is 42.2 Å². The van der Waals surface area contributed by atoms with Gasteiger partial charge in [0.25, 0.3) is 10.0 Å². The number of unbranched alkanes of at least 4 members (excludes halogenated alkanes) is 2. The molecule has 1 aliphatic carbocycles. The summed E-state index contributed by atoms with van der Waals surface area (Å²) in [6.45, 7) is 4.07. The summed E-state index contributed by atoms with van der Waals surface area (Å²) < 4.78 is 55.6. The molecule has 0 fully saturated rings. The molecule has 1 heterocycles. The number of nitrogens with zero attached hydrogens (tertiary/aromatic N) is 1.